The van der Waals surface area contributed by atoms with E-state index in [2.05, 4.69) is 20.3 Å². The quantitative estimate of drug-likeness (QED) is 0.367. The highest BCUT2D eigenvalue weighted by Gasteiger charge is 2.14. The predicted octanol–water partition coefficient (Wildman–Crippen LogP) is 3.05. The van der Waals surface area contributed by atoms with E-state index in [4.69, 9.17) is 11.5 Å². The maximum Gasteiger partial charge on any atom is 0.191 e. The number of fused-ring (bicyclic) bond motifs is 1. The lowest BCUT2D eigenvalue weighted by Crippen LogP contribution is -2.21. The number of hydrogen-bond donors (Lipinski definition) is 3. The molecule has 0 aliphatic heterocycles. The smallest absolute Gasteiger partial charge is 0.191 e. The average molecular weight is 375 g/mol. The second kappa shape index (κ2) is 7.36. The van der Waals surface area contributed by atoms with E-state index in [0.29, 0.717) is 29.4 Å². The van der Waals surface area contributed by atoms with Crippen LogP contribution in [0.4, 0.5) is 15.9 Å². The third-order valence-electron chi connectivity index (χ3n) is 4.17. The average Bonchev–Trinajstić information content (AvgIpc) is 3.05. The van der Waals surface area contributed by atoms with Crippen molar-refractivity contribution in [1.82, 2.24) is 14.4 Å². The fraction of sp³-hybridized carbons (Fsp3) is 0.0500. The summed E-state index contributed by atoms with van der Waals surface area (Å²) in [6, 6.07) is 14.3. The van der Waals surface area contributed by atoms with Gasteiger partial charge in [-0.3, -0.25) is 9.38 Å². The van der Waals surface area contributed by atoms with Gasteiger partial charge in [0.2, 0.25) is 0 Å². The summed E-state index contributed by atoms with van der Waals surface area (Å²) in [7, 11) is 0. The number of anilines is 1. The summed E-state index contributed by atoms with van der Waals surface area (Å²) in [6.45, 7) is 0.514. The van der Waals surface area contributed by atoms with Crippen LogP contribution in [0.3, 0.4) is 0 Å². The summed E-state index contributed by atoms with van der Waals surface area (Å²) >= 11 is 0. The van der Waals surface area contributed by atoms with Gasteiger partial charge in [-0.1, -0.05) is 12.1 Å². The minimum Gasteiger partial charge on any atom is -0.370 e. The molecule has 4 rings (SSSR count). The predicted molar refractivity (Wildman–Crippen MR) is 108 cm³/mol. The van der Waals surface area contributed by atoms with Crippen molar-refractivity contribution in [1.29, 1.82) is 0 Å². The number of imidazole rings is 1. The Kier molecular flexibility index (Phi) is 4.59. The SMILES string of the molecule is NC(N)=Nc1ccc(CNc2c(-c3cccnc3)nc3ccc(F)cn23)cc1. The Morgan fingerprint density at radius 1 is 1.11 bits per heavy atom. The summed E-state index contributed by atoms with van der Waals surface area (Å²) in [4.78, 5) is 12.8. The van der Waals surface area contributed by atoms with E-state index >= 15 is 0 Å². The molecule has 0 saturated carbocycles. The van der Waals surface area contributed by atoms with Crippen LogP contribution in [0, 0.1) is 5.82 Å². The van der Waals surface area contributed by atoms with Crippen LogP contribution >= 0.6 is 0 Å². The second-order valence-corrected chi connectivity index (χ2v) is 6.18. The number of guanidine groups is 1. The van der Waals surface area contributed by atoms with Crippen LogP contribution in [0.5, 0.6) is 0 Å². The van der Waals surface area contributed by atoms with Crippen molar-refractivity contribution in [2.75, 3.05) is 5.32 Å². The van der Waals surface area contributed by atoms with Gasteiger partial charge >= 0.3 is 0 Å². The van der Waals surface area contributed by atoms with Gasteiger partial charge in [0.1, 0.15) is 23.0 Å². The molecule has 0 amide bonds. The largest absolute Gasteiger partial charge is 0.370 e. The molecule has 1 aromatic carbocycles. The van der Waals surface area contributed by atoms with Gasteiger partial charge < -0.3 is 16.8 Å². The first-order valence-electron chi connectivity index (χ1n) is 8.60. The van der Waals surface area contributed by atoms with Crippen molar-refractivity contribution in [3.63, 3.8) is 0 Å². The molecule has 0 radical (unpaired) electrons. The van der Waals surface area contributed by atoms with Crippen molar-refractivity contribution in [2.24, 2.45) is 16.5 Å². The molecule has 0 bridgehead atoms. The van der Waals surface area contributed by atoms with Gasteiger partial charge in [-0.25, -0.2) is 14.4 Å². The molecule has 5 N–H and O–H groups in total. The van der Waals surface area contributed by atoms with E-state index in [1.165, 1.54) is 12.3 Å². The van der Waals surface area contributed by atoms with Crippen LogP contribution in [-0.4, -0.2) is 20.3 Å². The van der Waals surface area contributed by atoms with Gasteiger partial charge in [-0.2, -0.15) is 0 Å². The van der Waals surface area contributed by atoms with Crippen molar-refractivity contribution in [3.8, 4) is 11.3 Å². The van der Waals surface area contributed by atoms with Gasteiger partial charge in [0.05, 0.1) is 5.69 Å². The molecule has 3 heterocycles. The topological polar surface area (TPSA) is 107 Å². The standard InChI is InChI=1S/C20H18FN7/c21-15-5-8-17-27-18(14-2-1-9-24-11-14)19(28(17)12-15)25-10-13-3-6-16(7-4-13)26-20(22)23/h1-9,11-12,25H,10H2,(H4,22,23,26). The summed E-state index contributed by atoms with van der Waals surface area (Å²) < 4.78 is 15.5. The number of aromatic nitrogens is 3. The van der Waals surface area contributed by atoms with Crippen molar-refractivity contribution in [2.45, 2.75) is 6.54 Å². The molecular formula is C20H18FN7. The second-order valence-electron chi connectivity index (χ2n) is 6.18. The molecule has 8 heteroatoms. The van der Waals surface area contributed by atoms with Gasteiger partial charge in [0.15, 0.2) is 5.96 Å². The van der Waals surface area contributed by atoms with Crippen LogP contribution in [-0.2, 0) is 6.54 Å². The fourth-order valence-electron chi connectivity index (χ4n) is 2.91. The highest BCUT2D eigenvalue weighted by Crippen LogP contribution is 2.29. The van der Waals surface area contributed by atoms with E-state index in [0.717, 1.165) is 11.1 Å². The lowest BCUT2D eigenvalue weighted by atomic mass is 10.2. The Bertz CT molecular complexity index is 1130. The summed E-state index contributed by atoms with van der Waals surface area (Å²) in [5.41, 5.74) is 14.7. The fourth-order valence-corrected chi connectivity index (χ4v) is 2.91. The molecule has 0 aliphatic carbocycles. The van der Waals surface area contributed by atoms with Crippen molar-refractivity contribution in [3.05, 3.63) is 78.5 Å². The maximum atomic E-state index is 13.8. The van der Waals surface area contributed by atoms with Gasteiger partial charge in [-0.15, -0.1) is 0 Å². The zero-order chi connectivity index (χ0) is 19.5. The molecular weight excluding hydrogens is 357 g/mol. The first kappa shape index (κ1) is 17.5. The van der Waals surface area contributed by atoms with Crippen LogP contribution in [0.2, 0.25) is 0 Å². The summed E-state index contributed by atoms with van der Waals surface area (Å²) in [6.07, 6.45) is 4.84. The third-order valence-corrected chi connectivity index (χ3v) is 4.17. The Balaban J connectivity index is 1.67. The zero-order valence-corrected chi connectivity index (χ0v) is 14.9. The molecule has 7 nitrogen and oxygen atoms in total. The number of nitrogens with one attached hydrogen (secondary N) is 1. The van der Waals surface area contributed by atoms with Crippen LogP contribution in [0.1, 0.15) is 5.56 Å². The van der Waals surface area contributed by atoms with E-state index in [9.17, 15) is 4.39 Å². The number of rotatable bonds is 5. The first-order valence-corrected chi connectivity index (χ1v) is 8.60. The van der Waals surface area contributed by atoms with Crippen LogP contribution < -0.4 is 16.8 Å². The van der Waals surface area contributed by atoms with Gasteiger partial charge in [-0.05, 0) is 42.0 Å². The van der Waals surface area contributed by atoms with E-state index in [-0.39, 0.29) is 11.8 Å². The Morgan fingerprint density at radius 2 is 1.93 bits per heavy atom. The summed E-state index contributed by atoms with van der Waals surface area (Å²) in [5.74, 6) is 0.364. The molecule has 0 spiro atoms. The minimum atomic E-state index is -0.340. The molecule has 3 aromatic heterocycles. The molecule has 140 valence electrons. The lowest BCUT2D eigenvalue weighted by molar-refractivity contribution is 0.619. The normalized spacial score (nSPS) is 10.8. The van der Waals surface area contributed by atoms with E-state index in [1.807, 2.05) is 36.4 Å². The minimum absolute atomic E-state index is 0.0137. The Morgan fingerprint density at radius 3 is 2.64 bits per heavy atom. The van der Waals surface area contributed by atoms with Crippen molar-refractivity contribution < 1.29 is 4.39 Å². The number of halogens is 1. The number of hydrogen-bond acceptors (Lipinski definition) is 4. The van der Waals surface area contributed by atoms with Crippen LogP contribution in [0.15, 0.2) is 72.1 Å². The molecule has 0 aliphatic rings. The van der Waals surface area contributed by atoms with Crippen molar-refractivity contribution >= 4 is 23.1 Å². The summed E-state index contributed by atoms with van der Waals surface area (Å²) in [5, 5.41) is 3.36. The van der Waals surface area contributed by atoms with E-state index in [1.54, 1.807) is 22.9 Å². The molecule has 4 aromatic rings. The number of pyridine rings is 2. The first-order chi connectivity index (χ1) is 13.6. The molecule has 0 unspecified atom stereocenters. The highest BCUT2D eigenvalue weighted by molar-refractivity contribution is 5.79. The molecule has 0 saturated heterocycles. The number of aliphatic imine (C=N–C) groups is 1. The molecule has 0 atom stereocenters. The number of benzene rings is 1. The monoisotopic (exact) mass is 375 g/mol. The maximum absolute atomic E-state index is 13.8. The molecule has 0 fully saturated rings. The Labute approximate surface area is 160 Å². The zero-order valence-electron chi connectivity index (χ0n) is 14.9. The number of nitrogens with two attached hydrogens (primary N) is 2. The highest BCUT2D eigenvalue weighted by atomic mass is 19.1. The van der Waals surface area contributed by atoms with Crippen LogP contribution in [0.25, 0.3) is 16.9 Å². The number of nitrogens with zero attached hydrogens (tertiary/aromatic N) is 4. The third kappa shape index (κ3) is 3.61. The van der Waals surface area contributed by atoms with Gasteiger partial charge in [0, 0.05) is 30.7 Å². The molecule has 28 heavy (non-hydrogen) atoms. The Hall–Kier alpha value is -3.94. The lowest BCUT2D eigenvalue weighted by Gasteiger charge is -2.09. The van der Waals surface area contributed by atoms with E-state index < -0.39 is 0 Å². The van der Waals surface area contributed by atoms with Gasteiger partial charge in [0.25, 0.3) is 0 Å².